The molecule has 41 heavy (non-hydrogen) atoms. The van der Waals surface area contributed by atoms with Crippen LogP contribution in [-0.4, -0.2) is 45.7 Å². The summed E-state index contributed by atoms with van der Waals surface area (Å²) in [5.74, 6) is 6.32. The number of ether oxygens (including phenoxy) is 1. The quantitative estimate of drug-likeness (QED) is 0.294. The third-order valence-electron chi connectivity index (χ3n) is 6.96. The lowest BCUT2D eigenvalue weighted by Gasteiger charge is -2.29. The highest BCUT2D eigenvalue weighted by Crippen LogP contribution is 2.41. The SMILES string of the molecule is C#CCN1C(=O)COc2cc(F)c(N3C(=O)C4=C(CCCC4)C3=O)cc21.Cc1nnc(-c2ccccc2)c(=O)n1N. The van der Waals surface area contributed by atoms with E-state index >= 15 is 0 Å². The number of anilines is 2. The normalized spacial score (nSPS) is 16.0. The minimum Gasteiger partial charge on any atom is -0.481 e. The molecule has 12 heteroatoms. The molecule has 0 spiro atoms. The molecule has 6 rings (SSSR count). The van der Waals surface area contributed by atoms with Crippen LogP contribution in [0.25, 0.3) is 11.3 Å². The van der Waals surface area contributed by atoms with Gasteiger partial charge in [-0.2, -0.15) is 0 Å². The number of hydrogen-bond donors (Lipinski definition) is 1. The van der Waals surface area contributed by atoms with Crippen molar-refractivity contribution in [2.75, 3.05) is 28.8 Å². The van der Waals surface area contributed by atoms with Crippen LogP contribution in [0.15, 0.2) is 58.4 Å². The molecule has 11 nitrogen and oxygen atoms in total. The average Bonchev–Trinajstić information content (AvgIpc) is 3.23. The van der Waals surface area contributed by atoms with Crippen molar-refractivity contribution in [2.24, 2.45) is 0 Å². The Morgan fingerprint density at radius 2 is 1.66 bits per heavy atom. The molecular weight excluding hydrogens is 531 g/mol. The third-order valence-corrected chi connectivity index (χ3v) is 6.96. The molecule has 0 saturated carbocycles. The van der Waals surface area contributed by atoms with Gasteiger partial charge in [0, 0.05) is 22.8 Å². The molecule has 2 aliphatic heterocycles. The number of benzene rings is 2. The van der Waals surface area contributed by atoms with Crippen LogP contribution in [0.2, 0.25) is 0 Å². The highest BCUT2D eigenvalue weighted by atomic mass is 19.1. The molecule has 3 amide bonds. The van der Waals surface area contributed by atoms with E-state index in [4.69, 9.17) is 17.0 Å². The molecule has 1 aromatic heterocycles. The fraction of sp³-hybridized carbons (Fsp3) is 0.241. The third kappa shape index (κ3) is 4.93. The van der Waals surface area contributed by atoms with Crippen molar-refractivity contribution < 1.29 is 23.5 Å². The van der Waals surface area contributed by atoms with Crippen molar-refractivity contribution in [3.05, 3.63) is 75.6 Å². The first-order valence-corrected chi connectivity index (χ1v) is 12.8. The molecule has 0 fully saturated rings. The van der Waals surface area contributed by atoms with Crippen LogP contribution in [0, 0.1) is 25.1 Å². The Kier molecular flexibility index (Phi) is 7.35. The summed E-state index contributed by atoms with van der Waals surface area (Å²) in [6.45, 7) is 1.37. The van der Waals surface area contributed by atoms with Crippen molar-refractivity contribution in [1.29, 1.82) is 0 Å². The molecule has 0 unspecified atom stereocenters. The van der Waals surface area contributed by atoms with Gasteiger partial charge in [-0.15, -0.1) is 16.6 Å². The first-order chi connectivity index (χ1) is 19.7. The van der Waals surface area contributed by atoms with E-state index in [1.165, 1.54) is 11.0 Å². The molecule has 2 aromatic carbocycles. The standard InChI is InChI=1S/C19H15FN2O4.C10H10N4O/c1-2-7-21-15-9-14(13(20)8-16(15)26-10-17(21)23)22-18(24)11-5-3-4-6-12(11)19(22)25;1-7-12-13-9(10(15)14(7)11)8-5-3-2-4-6-8/h1,8-9H,3-7,10H2;2-6H,11H2,1H3. The zero-order valence-corrected chi connectivity index (χ0v) is 22.1. The van der Waals surface area contributed by atoms with E-state index in [-0.39, 0.29) is 47.4 Å². The van der Waals surface area contributed by atoms with Gasteiger partial charge < -0.3 is 10.6 Å². The number of carbonyl (C=O) groups is 3. The van der Waals surface area contributed by atoms with E-state index in [0.717, 1.165) is 28.5 Å². The maximum atomic E-state index is 14.7. The molecule has 3 aromatic rings. The number of carbonyl (C=O) groups excluding carboxylic acids is 3. The van der Waals surface area contributed by atoms with Crippen LogP contribution >= 0.6 is 0 Å². The average molecular weight is 557 g/mol. The van der Waals surface area contributed by atoms with Gasteiger partial charge in [-0.25, -0.2) is 14.0 Å². The first kappa shape index (κ1) is 27.3. The Morgan fingerprint density at radius 1 is 1.00 bits per heavy atom. The Hall–Kier alpha value is -5.31. The predicted octanol–water partition coefficient (Wildman–Crippen LogP) is 2.26. The Labute approximate surface area is 234 Å². The number of imide groups is 1. The van der Waals surface area contributed by atoms with Crippen LogP contribution in [0.3, 0.4) is 0 Å². The van der Waals surface area contributed by atoms with E-state index in [2.05, 4.69) is 16.1 Å². The summed E-state index contributed by atoms with van der Waals surface area (Å²) >= 11 is 0. The monoisotopic (exact) mass is 556 g/mol. The van der Waals surface area contributed by atoms with Gasteiger partial charge in [-0.3, -0.25) is 24.1 Å². The molecule has 0 atom stereocenters. The van der Waals surface area contributed by atoms with E-state index in [0.29, 0.717) is 35.4 Å². The summed E-state index contributed by atoms with van der Waals surface area (Å²) < 4.78 is 20.9. The number of terminal acetylenes is 1. The molecule has 0 bridgehead atoms. The fourth-order valence-electron chi connectivity index (χ4n) is 4.86. The minimum absolute atomic E-state index is 0.0170. The largest absolute Gasteiger partial charge is 0.481 e. The smallest absolute Gasteiger partial charge is 0.298 e. The van der Waals surface area contributed by atoms with Gasteiger partial charge in [0.25, 0.3) is 23.3 Å². The molecule has 2 N–H and O–H groups in total. The molecular formula is C29H25FN6O5. The highest BCUT2D eigenvalue weighted by molar-refractivity contribution is 6.33. The first-order valence-electron chi connectivity index (χ1n) is 12.8. The predicted molar refractivity (Wildman–Crippen MR) is 148 cm³/mol. The molecule has 0 radical (unpaired) electrons. The Bertz CT molecular complexity index is 1680. The Balaban J connectivity index is 0.000000191. The maximum Gasteiger partial charge on any atom is 0.298 e. The lowest BCUT2D eigenvalue weighted by atomic mass is 9.93. The summed E-state index contributed by atoms with van der Waals surface area (Å²) in [5.41, 5.74) is 1.64. The second kappa shape index (κ2) is 11.1. The van der Waals surface area contributed by atoms with Crippen molar-refractivity contribution in [2.45, 2.75) is 32.6 Å². The summed E-state index contributed by atoms with van der Waals surface area (Å²) in [5, 5.41) is 7.65. The second-order valence-electron chi connectivity index (χ2n) is 9.49. The van der Waals surface area contributed by atoms with Crippen LogP contribution in [0.4, 0.5) is 15.8 Å². The fourth-order valence-corrected chi connectivity index (χ4v) is 4.86. The van der Waals surface area contributed by atoms with Crippen LogP contribution in [0.5, 0.6) is 5.75 Å². The topological polar surface area (TPSA) is 141 Å². The summed E-state index contributed by atoms with van der Waals surface area (Å²) in [4.78, 5) is 51.3. The number of nitrogens with two attached hydrogens (primary N) is 1. The maximum absolute atomic E-state index is 14.7. The number of nitrogen functional groups attached to an aromatic ring is 1. The van der Waals surface area contributed by atoms with Crippen LogP contribution < -0.4 is 25.9 Å². The van der Waals surface area contributed by atoms with Crippen molar-refractivity contribution in [3.8, 4) is 29.4 Å². The number of rotatable bonds is 3. The van der Waals surface area contributed by atoms with Crippen LogP contribution in [-0.2, 0) is 14.4 Å². The number of halogens is 1. The molecule has 208 valence electrons. The van der Waals surface area contributed by atoms with E-state index in [1.807, 2.05) is 18.2 Å². The van der Waals surface area contributed by atoms with Gasteiger partial charge in [0.1, 0.15) is 5.75 Å². The zero-order valence-electron chi connectivity index (χ0n) is 22.1. The summed E-state index contributed by atoms with van der Waals surface area (Å²) in [7, 11) is 0. The second-order valence-corrected chi connectivity index (χ2v) is 9.49. The van der Waals surface area contributed by atoms with Gasteiger partial charge in [-0.05, 0) is 38.7 Å². The molecule has 1 aliphatic carbocycles. The lowest BCUT2D eigenvalue weighted by Crippen LogP contribution is -2.39. The van der Waals surface area contributed by atoms with Crippen molar-refractivity contribution in [3.63, 3.8) is 0 Å². The van der Waals surface area contributed by atoms with Gasteiger partial charge in [0.05, 0.1) is 17.9 Å². The van der Waals surface area contributed by atoms with E-state index in [1.54, 1.807) is 19.1 Å². The van der Waals surface area contributed by atoms with Crippen molar-refractivity contribution >= 4 is 29.1 Å². The highest BCUT2D eigenvalue weighted by Gasteiger charge is 2.41. The van der Waals surface area contributed by atoms with E-state index in [9.17, 15) is 23.6 Å². The van der Waals surface area contributed by atoms with E-state index < -0.39 is 17.6 Å². The number of fused-ring (bicyclic) bond motifs is 1. The van der Waals surface area contributed by atoms with Crippen molar-refractivity contribution in [1.82, 2.24) is 14.9 Å². The summed E-state index contributed by atoms with van der Waals surface area (Å²) in [6, 6.07) is 11.5. The number of nitrogens with zero attached hydrogens (tertiary/aromatic N) is 5. The van der Waals surface area contributed by atoms with Gasteiger partial charge in [-0.1, -0.05) is 36.3 Å². The number of aryl methyl sites for hydroxylation is 1. The molecule has 0 saturated heterocycles. The van der Waals surface area contributed by atoms with Crippen LogP contribution in [0.1, 0.15) is 31.5 Å². The lowest BCUT2D eigenvalue weighted by molar-refractivity contribution is -0.121. The Morgan fingerprint density at radius 3 is 2.29 bits per heavy atom. The van der Waals surface area contributed by atoms with Gasteiger partial charge in [0.2, 0.25) is 0 Å². The van der Waals surface area contributed by atoms with Gasteiger partial charge >= 0.3 is 0 Å². The molecule has 3 aliphatic rings. The summed E-state index contributed by atoms with van der Waals surface area (Å²) in [6.07, 6.45) is 8.01. The zero-order chi connectivity index (χ0) is 29.3. The van der Waals surface area contributed by atoms with Gasteiger partial charge in [0.15, 0.2) is 23.9 Å². The minimum atomic E-state index is -0.764. The number of aromatic nitrogens is 3. The number of hydrogen-bond acceptors (Lipinski definition) is 8. The molecule has 3 heterocycles. The number of amides is 3.